The molecular weight excluding hydrogens is 535 g/mol. The third-order valence-corrected chi connectivity index (χ3v) is 8.36. The molecule has 3 aromatic heterocycles. The number of imidazole rings is 1. The van der Waals surface area contributed by atoms with Gasteiger partial charge in [0.25, 0.3) is 0 Å². The Bertz CT molecular complexity index is 1590. The first kappa shape index (κ1) is 26.3. The molecule has 0 saturated carbocycles. The number of hydrogen-bond acceptors (Lipinski definition) is 9. The highest BCUT2D eigenvalue weighted by Gasteiger charge is 2.28. The molecule has 2 fully saturated rings. The molecule has 1 aromatic carbocycles. The molecule has 6 rings (SSSR count). The predicted molar refractivity (Wildman–Crippen MR) is 143 cm³/mol. The monoisotopic (exact) mass is 562 g/mol. The summed E-state index contributed by atoms with van der Waals surface area (Å²) in [5.41, 5.74) is 3.45. The number of likely N-dealkylation sites (tertiary alicyclic amines) is 1. The summed E-state index contributed by atoms with van der Waals surface area (Å²) < 4.78 is 27.3. The van der Waals surface area contributed by atoms with E-state index in [1.807, 2.05) is 18.2 Å². The zero-order valence-electron chi connectivity index (χ0n) is 21.6. The predicted octanol–water partition coefficient (Wildman–Crippen LogP) is 4.18. The molecule has 10 nitrogen and oxygen atoms in total. The van der Waals surface area contributed by atoms with Crippen LogP contribution in [-0.2, 0) is 24.3 Å². The fraction of sp³-hybridized carbons (Fsp3) is 0.393. The van der Waals surface area contributed by atoms with E-state index in [0.717, 1.165) is 67.4 Å². The molecule has 40 heavy (non-hydrogen) atoms. The highest BCUT2D eigenvalue weighted by atomic mass is 32.1. The van der Waals surface area contributed by atoms with Crippen LogP contribution in [0.3, 0.4) is 0 Å². The van der Waals surface area contributed by atoms with Crippen molar-refractivity contribution >= 4 is 22.3 Å². The summed E-state index contributed by atoms with van der Waals surface area (Å²) in [6.07, 6.45) is 3.61. The number of benzene rings is 1. The van der Waals surface area contributed by atoms with Gasteiger partial charge in [0, 0.05) is 42.8 Å². The van der Waals surface area contributed by atoms with E-state index in [9.17, 15) is 14.3 Å². The van der Waals surface area contributed by atoms with E-state index in [0.29, 0.717) is 29.4 Å². The van der Waals surface area contributed by atoms with Crippen LogP contribution >= 0.6 is 11.3 Å². The van der Waals surface area contributed by atoms with E-state index < -0.39 is 11.8 Å². The van der Waals surface area contributed by atoms with Gasteiger partial charge in [-0.15, -0.1) is 5.10 Å². The molecule has 2 aliphatic heterocycles. The number of carboxylic acids is 1. The average Bonchev–Trinajstić information content (AvgIpc) is 3.49. The standard InChI is InChI=1S/C28H27FN6O4S/c29-21-12-17(14-30)4-5-19(21)16-39-25-3-1-2-22(31-25)18-6-9-34(10-7-18)15-23-24(13-20-8-11-38-20)35-28(32-23)40-26(33-35)27(36)37/h1-5,12,18,20H,6-11,13,15-16H2,(H,36,37). The van der Waals surface area contributed by atoms with Crippen molar-refractivity contribution < 1.29 is 23.8 Å². The number of aromatic carboxylic acids is 1. The topological polar surface area (TPSA) is 126 Å². The van der Waals surface area contributed by atoms with Crippen molar-refractivity contribution in [2.24, 2.45) is 0 Å². The van der Waals surface area contributed by atoms with Gasteiger partial charge in [0.2, 0.25) is 15.8 Å². The Labute approximate surface area is 233 Å². The molecule has 0 radical (unpaired) electrons. The third-order valence-electron chi connectivity index (χ3n) is 7.46. The summed E-state index contributed by atoms with van der Waals surface area (Å²) >= 11 is 1.09. The van der Waals surface area contributed by atoms with Crippen molar-refractivity contribution in [3.05, 3.63) is 75.4 Å². The van der Waals surface area contributed by atoms with Crippen molar-refractivity contribution in [2.75, 3.05) is 19.7 Å². The molecule has 2 aliphatic rings. The van der Waals surface area contributed by atoms with Crippen LogP contribution in [0.5, 0.6) is 5.88 Å². The molecule has 2 saturated heterocycles. The maximum absolute atomic E-state index is 14.2. The summed E-state index contributed by atoms with van der Waals surface area (Å²) in [5.74, 6) is -0.798. The van der Waals surface area contributed by atoms with Gasteiger partial charge in [-0.05, 0) is 50.6 Å². The number of nitriles is 1. The minimum Gasteiger partial charge on any atom is -0.476 e. The fourth-order valence-electron chi connectivity index (χ4n) is 5.13. The van der Waals surface area contributed by atoms with Crippen LogP contribution in [0.15, 0.2) is 36.4 Å². The lowest BCUT2D eigenvalue weighted by molar-refractivity contribution is -0.0500. The molecule has 1 unspecified atom stereocenters. The number of aromatic nitrogens is 4. The van der Waals surface area contributed by atoms with E-state index in [2.05, 4.69) is 10.00 Å². The Morgan fingerprint density at radius 1 is 1.23 bits per heavy atom. The Morgan fingerprint density at radius 2 is 2.05 bits per heavy atom. The number of hydrogen-bond donors (Lipinski definition) is 1. The van der Waals surface area contributed by atoms with Crippen LogP contribution < -0.4 is 4.74 Å². The second kappa shape index (κ2) is 11.3. The van der Waals surface area contributed by atoms with Crippen LogP contribution in [0.2, 0.25) is 0 Å². The molecule has 1 atom stereocenters. The minimum absolute atomic E-state index is 0.0333. The van der Waals surface area contributed by atoms with Crippen molar-refractivity contribution in [1.82, 2.24) is 24.5 Å². The second-order valence-corrected chi connectivity index (χ2v) is 11.0. The van der Waals surface area contributed by atoms with Crippen molar-refractivity contribution in [2.45, 2.75) is 50.9 Å². The molecular formula is C28H27FN6O4S. The first-order valence-corrected chi connectivity index (χ1v) is 14.0. The number of nitrogens with zero attached hydrogens (tertiary/aromatic N) is 6. The zero-order valence-corrected chi connectivity index (χ0v) is 22.4. The van der Waals surface area contributed by atoms with Gasteiger partial charge in [-0.25, -0.2) is 23.7 Å². The maximum atomic E-state index is 14.2. The highest BCUT2D eigenvalue weighted by molar-refractivity contribution is 7.18. The quantitative estimate of drug-likeness (QED) is 0.320. The lowest BCUT2D eigenvalue weighted by atomic mass is 9.93. The lowest BCUT2D eigenvalue weighted by Gasteiger charge is -2.32. The number of rotatable bonds is 9. The Kier molecular flexibility index (Phi) is 7.42. The first-order valence-electron chi connectivity index (χ1n) is 13.2. The molecule has 1 N–H and O–H groups in total. The molecule has 0 amide bonds. The van der Waals surface area contributed by atoms with Gasteiger partial charge in [-0.1, -0.05) is 23.5 Å². The number of carbonyl (C=O) groups is 1. The van der Waals surface area contributed by atoms with Crippen LogP contribution in [0.4, 0.5) is 4.39 Å². The Balaban J connectivity index is 1.08. The average molecular weight is 563 g/mol. The summed E-state index contributed by atoms with van der Waals surface area (Å²) in [5, 5.41) is 22.6. The molecule has 0 spiro atoms. The summed E-state index contributed by atoms with van der Waals surface area (Å²) in [7, 11) is 0. The van der Waals surface area contributed by atoms with Gasteiger partial charge in [0.1, 0.15) is 12.4 Å². The van der Waals surface area contributed by atoms with Crippen LogP contribution in [-0.4, -0.2) is 61.4 Å². The van der Waals surface area contributed by atoms with E-state index in [1.165, 1.54) is 6.07 Å². The summed E-state index contributed by atoms with van der Waals surface area (Å²) in [6, 6.07) is 11.9. The zero-order chi connectivity index (χ0) is 27.6. The number of halogens is 1. The van der Waals surface area contributed by atoms with Crippen molar-refractivity contribution in [1.29, 1.82) is 5.26 Å². The smallest absolute Gasteiger partial charge is 0.367 e. The molecule has 0 bridgehead atoms. The number of fused-ring (bicyclic) bond motifs is 1. The van der Waals surface area contributed by atoms with E-state index in [-0.39, 0.29) is 29.2 Å². The van der Waals surface area contributed by atoms with Crippen LogP contribution in [0, 0.1) is 17.1 Å². The third kappa shape index (κ3) is 5.54. The van der Waals surface area contributed by atoms with Gasteiger partial charge in [-0.3, -0.25) is 4.90 Å². The Hall–Kier alpha value is -3.92. The molecule has 0 aliphatic carbocycles. The van der Waals surface area contributed by atoms with Crippen LogP contribution in [0.25, 0.3) is 4.96 Å². The van der Waals surface area contributed by atoms with E-state index in [4.69, 9.17) is 24.7 Å². The maximum Gasteiger partial charge on any atom is 0.367 e. The highest BCUT2D eigenvalue weighted by Crippen LogP contribution is 2.30. The van der Waals surface area contributed by atoms with Gasteiger partial charge in [0.05, 0.1) is 29.1 Å². The SMILES string of the molecule is N#Cc1ccc(COc2cccc(C3CCN(Cc4nc5sc(C(=O)O)nn5c4CC4CCO4)CC3)n2)c(F)c1. The first-order chi connectivity index (χ1) is 19.5. The van der Waals surface area contributed by atoms with Crippen molar-refractivity contribution in [3.8, 4) is 11.9 Å². The summed E-state index contributed by atoms with van der Waals surface area (Å²) in [6.45, 7) is 3.18. The number of pyridine rings is 1. The van der Waals surface area contributed by atoms with Crippen molar-refractivity contribution in [3.63, 3.8) is 0 Å². The molecule has 4 aromatic rings. The fourth-order valence-corrected chi connectivity index (χ4v) is 5.91. The summed E-state index contributed by atoms with van der Waals surface area (Å²) in [4.78, 5) is 23.8. The molecule has 5 heterocycles. The minimum atomic E-state index is -1.05. The van der Waals surface area contributed by atoms with Gasteiger partial charge < -0.3 is 14.6 Å². The molecule has 206 valence electrons. The second-order valence-electron chi connectivity index (χ2n) is 10.1. The van der Waals surface area contributed by atoms with E-state index >= 15 is 0 Å². The molecule has 12 heteroatoms. The van der Waals surface area contributed by atoms with Gasteiger partial charge in [-0.2, -0.15) is 5.26 Å². The van der Waals surface area contributed by atoms with Gasteiger partial charge in [0.15, 0.2) is 0 Å². The lowest BCUT2D eigenvalue weighted by Crippen LogP contribution is -2.34. The Morgan fingerprint density at radius 3 is 2.75 bits per heavy atom. The van der Waals surface area contributed by atoms with Crippen LogP contribution in [0.1, 0.15) is 63.2 Å². The normalized spacial score (nSPS) is 17.9. The largest absolute Gasteiger partial charge is 0.476 e. The number of ether oxygens (including phenoxy) is 2. The number of piperidine rings is 1. The van der Waals surface area contributed by atoms with Gasteiger partial charge >= 0.3 is 5.97 Å². The number of carboxylic acid groups (broad SMARTS) is 1. The van der Waals surface area contributed by atoms with E-state index in [1.54, 1.807) is 22.7 Å².